The van der Waals surface area contributed by atoms with Crippen LogP contribution in [0.3, 0.4) is 0 Å². The Morgan fingerprint density at radius 2 is 0.907 bits per heavy atom. The molecule has 1 atom stereocenters. The van der Waals surface area contributed by atoms with E-state index in [0.717, 1.165) is 34.1 Å². The van der Waals surface area contributed by atoms with Crippen LogP contribution >= 0.6 is 0 Å². The second kappa shape index (κ2) is 11.4. The molecule has 1 aliphatic heterocycles. The maximum absolute atomic E-state index is 6.80. The Hall–Kier alpha value is -6.64. The molecule has 256 valence electrons. The van der Waals surface area contributed by atoms with Crippen molar-refractivity contribution in [2.45, 2.75) is 24.7 Å². The Bertz CT molecular complexity index is 2780. The first kappa shape index (κ1) is 30.9. The predicted molar refractivity (Wildman–Crippen MR) is 222 cm³/mol. The highest BCUT2D eigenvalue weighted by Gasteiger charge is 2.51. The number of fused-ring (bicyclic) bond motifs is 12. The lowest BCUT2D eigenvalue weighted by atomic mass is 9.66. The molecule has 1 heterocycles. The molecule has 3 aliphatic rings. The first-order valence-electron chi connectivity index (χ1n) is 18.8. The zero-order valence-corrected chi connectivity index (χ0v) is 30.3. The van der Waals surface area contributed by atoms with Gasteiger partial charge in [0, 0.05) is 33.6 Å². The molecule has 0 saturated carbocycles. The van der Waals surface area contributed by atoms with Crippen molar-refractivity contribution in [1.82, 2.24) is 0 Å². The number of hydrogen-bond donors (Lipinski definition) is 0. The minimum atomic E-state index is -0.537. The summed E-state index contributed by atoms with van der Waals surface area (Å²) in [5.41, 5.74) is 17.9. The van der Waals surface area contributed by atoms with Crippen LogP contribution in [0.15, 0.2) is 188 Å². The summed E-state index contributed by atoms with van der Waals surface area (Å²) in [4.78, 5) is 2.42. The molecule has 0 radical (unpaired) electrons. The van der Waals surface area contributed by atoms with Crippen LogP contribution < -0.4 is 9.64 Å². The van der Waals surface area contributed by atoms with Crippen molar-refractivity contribution in [3.05, 3.63) is 221 Å². The Labute approximate surface area is 316 Å². The minimum Gasteiger partial charge on any atom is -0.457 e. The SMILES string of the molecule is CC1(C)c2ccccc2-c2ccc(N(c3ccccc3)c3ccc4c(c3)-c3ccccc3C43c4ccccc4Oc4cc(-c5ccccc5)ccc43)cc21. The summed E-state index contributed by atoms with van der Waals surface area (Å²) in [6.07, 6.45) is 0. The molecule has 0 fully saturated rings. The van der Waals surface area contributed by atoms with Gasteiger partial charge in [0.15, 0.2) is 0 Å². The van der Waals surface area contributed by atoms with E-state index in [4.69, 9.17) is 4.74 Å². The summed E-state index contributed by atoms with van der Waals surface area (Å²) in [6.45, 7) is 4.71. The molecule has 1 unspecified atom stereocenters. The molecule has 0 bridgehead atoms. The first-order chi connectivity index (χ1) is 26.5. The van der Waals surface area contributed by atoms with Crippen LogP contribution in [0.2, 0.25) is 0 Å². The second-order valence-corrected chi connectivity index (χ2v) is 15.3. The van der Waals surface area contributed by atoms with E-state index in [1.165, 1.54) is 61.2 Å². The van der Waals surface area contributed by atoms with E-state index in [-0.39, 0.29) is 5.41 Å². The van der Waals surface area contributed by atoms with E-state index in [1.54, 1.807) is 0 Å². The molecule has 2 aliphatic carbocycles. The summed E-state index contributed by atoms with van der Waals surface area (Å²) in [6, 6.07) is 68.7. The molecule has 11 rings (SSSR count). The largest absolute Gasteiger partial charge is 0.457 e. The third kappa shape index (κ3) is 4.22. The molecular weight excluding hydrogens is 655 g/mol. The topological polar surface area (TPSA) is 12.5 Å². The van der Waals surface area contributed by atoms with Gasteiger partial charge in [-0.2, -0.15) is 0 Å². The fraction of sp³-hybridized carbons (Fsp3) is 0.0769. The number of benzene rings is 8. The van der Waals surface area contributed by atoms with Gasteiger partial charge >= 0.3 is 0 Å². The van der Waals surface area contributed by atoms with Crippen LogP contribution in [-0.4, -0.2) is 0 Å². The third-order valence-electron chi connectivity index (χ3n) is 12.1. The van der Waals surface area contributed by atoms with Gasteiger partial charge in [0.2, 0.25) is 0 Å². The number of anilines is 3. The highest BCUT2D eigenvalue weighted by molar-refractivity contribution is 5.93. The summed E-state index contributed by atoms with van der Waals surface area (Å²) < 4.78 is 6.80. The van der Waals surface area contributed by atoms with Crippen molar-refractivity contribution in [2.75, 3.05) is 4.90 Å². The van der Waals surface area contributed by atoms with Crippen LogP contribution in [0.5, 0.6) is 11.5 Å². The standard InChI is InChI=1S/C52H37NO/c1-51(2)43-21-11-9-19-39(43)41-28-26-38(33-48(41)51)53(36-17-7-4-8-18-36)37-27-30-45-42(32-37)40-20-10-12-22-44(40)52(45)46-23-13-14-24-49(46)54-50-31-35(25-29-47(50)52)34-15-5-3-6-16-34/h3-33H,1-2H3. The minimum absolute atomic E-state index is 0.0994. The average Bonchev–Trinajstić information content (AvgIpc) is 3.64. The molecule has 0 N–H and O–H groups in total. The molecule has 0 amide bonds. The first-order valence-corrected chi connectivity index (χ1v) is 18.8. The van der Waals surface area contributed by atoms with Crippen LogP contribution in [0, 0.1) is 0 Å². The van der Waals surface area contributed by atoms with Gasteiger partial charge in [-0.15, -0.1) is 0 Å². The van der Waals surface area contributed by atoms with E-state index in [0.29, 0.717) is 0 Å². The lowest BCUT2D eigenvalue weighted by Crippen LogP contribution is -2.32. The van der Waals surface area contributed by atoms with Gasteiger partial charge in [-0.05, 0) is 104 Å². The van der Waals surface area contributed by atoms with Crippen molar-refractivity contribution in [2.24, 2.45) is 0 Å². The van der Waals surface area contributed by atoms with Gasteiger partial charge in [-0.25, -0.2) is 0 Å². The third-order valence-corrected chi connectivity index (χ3v) is 12.1. The highest BCUT2D eigenvalue weighted by Crippen LogP contribution is 2.63. The predicted octanol–water partition coefficient (Wildman–Crippen LogP) is 13.6. The highest BCUT2D eigenvalue weighted by atomic mass is 16.5. The maximum Gasteiger partial charge on any atom is 0.132 e. The monoisotopic (exact) mass is 691 g/mol. The zero-order valence-electron chi connectivity index (χ0n) is 30.3. The second-order valence-electron chi connectivity index (χ2n) is 15.3. The fourth-order valence-electron chi connectivity index (χ4n) is 9.70. The summed E-state index contributed by atoms with van der Waals surface area (Å²) in [5, 5.41) is 0. The Kier molecular flexibility index (Phi) is 6.55. The van der Waals surface area contributed by atoms with E-state index < -0.39 is 5.41 Å². The van der Waals surface area contributed by atoms with Crippen LogP contribution in [0.1, 0.15) is 47.2 Å². The molecular formula is C52H37NO. The van der Waals surface area contributed by atoms with Crippen LogP contribution in [0.4, 0.5) is 17.1 Å². The van der Waals surface area contributed by atoms with Gasteiger partial charge in [-0.3, -0.25) is 0 Å². The van der Waals surface area contributed by atoms with Gasteiger partial charge in [0.25, 0.3) is 0 Å². The number of para-hydroxylation sites is 2. The van der Waals surface area contributed by atoms with Gasteiger partial charge in [0.05, 0.1) is 5.41 Å². The summed E-state index contributed by atoms with van der Waals surface area (Å²) >= 11 is 0. The van der Waals surface area contributed by atoms with Crippen molar-refractivity contribution in [1.29, 1.82) is 0 Å². The Morgan fingerprint density at radius 1 is 0.352 bits per heavy atom. The van der Waals surface area contributed by atoms with Crippen molar-refractivity contribution >= 4 is 17.1 Å². The normalized spacial score (nSPS) is 16.3. The molecule has 0 aromatic heterocycles. The van der Waals surface area contributed by atoms with Crippen molar-refractivity contribution in [3.8, 4) is 44.9 Å². The zero-order chi connectivity index (χ0) is 36.0. The Morgan fingerprint density at radius 3 is 1.70 bits per heavy atom. The average molecular weight is 692 g/mol. The van der Waals surface area contributed by atoms with E-state index in [2.05, 4.69) is 207 Å². The molecule has 8 aromatic rings. The molecule has 8 aromatic carbocycles. The van der Waals surface area contributed by atoms with Crippen LogP contribution in [0.25, 0.3) is 33.4 Å². The Balaban J connectivity index is 1.13. The van der Waals surface area contributed by atoms with Gasteiger partial charge in [0.1, 0.15) is 11.5 Å². The van der Waals surface area contributed by atoms with Gasteiger partial charge < -0.3 is 9.64 Å². The number of ether oxygens (including phenoxy) is 1. The van der Waals surface area contributed by atoms with Crippen molar-refractivity contribution in [3.63, 3.8) is 0 Å². The lowest BCUT2D eigenvalue weighted by molar-refractivity contribution is 0.436. The van der Waals surface area contributed by atoms with E-state index >= 15 is 0 Å². The number of hydrogen-bond acceptors (Lipinski definition) is 2. The summed E-state index contributed by atoms with van der Waals surface area (Å²) in [5.74, 6) is 1.80. The van der Waals surface area contributed by atoms with Crippen LogP contribution in [-0.2, 0) is 10.8 Å². The molecule has 2 nitrogen and oxygen atoms in total. The van der Waals surface area contributed by atoms with Crippen molar-refractivity contribution < 1.29 is 4.74 Å². The number of nitrogens with zero attached hydrogens (tertiary/aromatic N) is 1. The maximum atomic E-state index is 6.80. The van der Waals surface area contributed by atoms with Gasteiger partial charge in [-0.1, -0.05) is 153 Å². The molecule has 1 spiro atoms. The van der Waals surface area contributed by atoms with E-state index in [1.807, 2.05) is 0 Å². The molecule has 2 heteroatoms. The molecule has 0 saturated heterocycles. The molecule has 54 heavy (non-hydrogen) atoms. The summed E-state index contributed by atoms with van der Waals surface area (Å²) in [7, 11) is 0. The lowest BCUT2D eigenvalue weighted by Gasteiger charge is -2.39. The quantitative estimate of drug-likeness (QED) is 0.182. The number of rotatable bonds is 4. The van der Waals surface area contributed by atoms with E-state index in [9.17, 15) is 0 Å². The smallest absolute Gasteiger partial charge is 0.132 e. The fourth-order valence-corrected chi connectivity index (χ4v) is 9.70.